The largest absolute Gasteiger partial charge is 0.478 e. The van der Waals surface area contributed by atoms with E-state index in [9.17, 15) is 4.79 Å². The number of carbonyl (C=O) groups is 2. The topological polar surface area (TPSA) is 66.8 Å². The predicted molar refractivity (Wildman–Crippen MR) is 63.6 cm³/mol. The molecule has 0 bridgehead atoms. The van der Waals surface area contributed by atoms with Crippen molar-refractivity contribution >= 4 is 18.4 Å². The molecule has 1 fully saturated rings. The summed E-state index contributed by atoms with van der Waals surface area (Å²) in [6, 6.07) is 7.08. The van der Waals surface area contributed by atoms with Crippen molar-refractivity contribution in [3.8, 4) is 0 Å². The van der Waals surface area contributed by atoms with Gasteiger partial charge in [0, 0.05) is 13.1 Å². The number of hydrogen-bond donors (Lipinski definition) is 1. The molecule has 92 valence electrons. The normalized spacial score (nSPS) is 14.7. The van der Waals surface area contributed by atoms with Crippen LogP contribution in [0, 0.1) is 0 Å². The van der Waals surface area contributed by atoms with Gasteiger partial charge in [-0.3, -0.25) is 0 Å². The summed E-state index contributed by atoms with van der Waals surface area (Å²) >= 11 is 0. The summed E-state index contributed by atoms with van der Waals surface area (Å²) in [6.07, 6.45) is 0. The summed E-state index contributed by atoms with van der Waals surface area (Å²) in [7, 11) is 0. The average Bonchev–Trinajstić information content (AvgIpc) is 2.42. The Morgan fingerprint density at radius 1 is 1.24 bits per heavy atom. The van der Waals surface area contributed by atoms with Gasteiger partial charge >= 0.3 is 5.97 Å². The number of morpholine rings is 1. The van der Waals surface area contributed by atoms with Gasteiger partial charge in [-0.15, -0.1) is 0 Å². The fourth-order valence-corrected chi connectivity index (χ4v) is 1.73. The minimum Gasteiger partial charge on any atom is -0.478 e. The minimum atomic E-state index is -0.878. The molecule has 2 rings (SSSR count). The predicted octanol–water partition coefficient (Wildman–Crippen LogP) is 1.04. The maximum atomic E-state index is 11.0. The first-order valence-electron chi connectivity index (χ1n) is 5.23. The molecule has 0 unspecified atom stereocenters. The van der Waals surface area contributed by atoms with Crippen molar-refractivity contribution in [2.45, 2.75) is 0 Å². The molecular weight excluding hydrogens is 222 g/mol. The number of rotatable bonds is 2. The van der Waals surface area contributed by atoms with Gasteiger partial charge in [0.25, 0.3) is 0 Å². The van der Waals surface area contributed by atoms with E-state index in [4.69, 9.17) is 14.6 Å². The smallest absolute Gasteiger partial charge is 0.337 e. The molecule has 0 spiro atoms. The van der Waals surface area contributed by atoms with E-state index in [-0.39, 0.29) is 0 Å². The Balaban J connectivity index is 0.000000686. The van der Waals surface area contributed by atoms with Crippen LogP contribution in [0.3, 0.4) is 0 Å². The SMILES string of the molecule is C=O.O=C(O)c1ccccc1N1CCOCC1. The highest BCUT2D eigenvalue weighted by molar-refractivity contribution is 5.94. The van der Waals surface area contributed by atoms with E-state index >= 15 is 0 Å². The van der Waals surface area contributed by atoms with Gasteiger partial charge in [0.15, 0.2) is 0 Å². The molecule has 0 atom stereocenters. The zero-order chi connectivity index (χ0) is 12.7. The number of nitrogens with zero attached hydrogens (tertiary/aromatic N) is 1. The molecule has 17 heavy (non-hydrogen) atoms. The van der Waals surface area contributed by atoms with Gasteiger partial charge in [-0.25, -0.2) is 4.79 Å². The van der Waals surface area contributed by atoms with Crippen LogP contribution in [-0.4, -0.2) is 44.2 Å². The van der Waals surface area contributed by atoms with E-state index in [1.807, 2.05) is 23.8 Å². The number of carbonyl (C=O) groups excluding carboxylic acids is 1. The molecule has 0 aromatic heterocycles. The quantitative estimate of drug-likeness (QED) is 0.832. The highest BCUT2D eigenvalue weighted by atomic mass is 16.5. The molecule has 1 saturated heterocycles. The molecule has 0 saturated carbocycles. The molecular formula is C12H15NO4. The van der Waals surface area contributed by atoms with Crippen molar-refractivity contribution in [1.82, 2.24) is 0 Å². The fourth-order valence-electron chi connectivity index (χ4n) is 1.73. The van der Waals surface area contributed by atoms with Crippen molar-refractivity contribution in [3.63, 3.8) is 0 Å². The molecule has 0 amide bonds. The lowest BCUT2D eigenvalue weighted by Gasteiger charge is -2.29. The molecule has 0 radical (unpaired) electrons. The Morgan fingerprint density at radius 3 is 2.41 bits per heavy atom. The zero-order valence-electron chi connectivity index (χ0n) is 9.46. The van der Waals surface area contributed by atoms with Gasteiger partial charge in [-0.05, 0) is 12.1 Å². The number of hydrogen-bond acceptors (Lipinski definition) is 4. The average molecular weight is 237 g/mol. The molecule has 1 aromatic rings. The Hall–Kier alpha value is -1.88. The third-order valence-electron chi connectivity index (χ3n) is 2.49. The first-order chi connectivity index (χ1) is 8.29. The van der Waals surface area contributed by atoms with E-state index in [1.165, 1.54) is 0 Å². The minimum absolute atomic E-state index is 0.361. The fraction of sp³-hybridized carbons (Fsp3) is 0.333. The highest BCUT2D eigenvalue weighted by Crippen LogP contribution is 2.21. The maximum Gasteiger partial charge on any atom is 0.337 e. The summed E-state index contributed by atoms with van der Waals surface area (Å²) in [4.78, 5) is 21.1. The van der Waals surface area contributed by atoms with Crippen LogP contribution in [0.1, 0.15) is 10.4 Å². The van der Waals surface area contributed by atoms with Crippen LogP contribution in [0.5, 0.6) is 0 Å². The molecule has 1 aromatic carbocycles. The molecule has 1 N–H and O–H groups in total. The van der Waals surface area contributed by atoms with E-state index in [0.717, 1.165) is 18.8 Å². The Kier molecular flexibility index (Phi) is 5.16. The van der Waals surface area contributed by atoms with Crippen LogP contribution in [0.25, 0.3) is 0 Å². The van der Waals surface area contributed by atoms with Gasteiger partial charge in [0.1, 0.15) is 6.79 Å². The van der Waals surface area contributed by atoms with E-state index in [2.05, 4.69) is 0 Å². The summed E-state index contributed by atoms with van der Waals surface area (Å²) in [5.41, 5.74) is 1.15. The number of carboxylic acids is 1. The highest BCUT2D eigenvalue weighted by Gasteiger charge is 2.17. The van der Waals surface area contributed by atoms with Gasteiger partial charge in [-0.1, -0.05) is 12.1 Å². The van der Waals surface area contributed by atoms with Crippen LogP contribution in [0.2, 0.25) is 0 Å². The summed E-state index contributed by atoms with van der Waals surface area (Å²) in [6.45, 7) is 4.83. The molecule has 1 aliphatic heterocycles. The van der Waals surface area contributed by atoms with Gasteiger partial charge in [0.05, 0.1) is 24.5 Å². The number of ether oxygens (including phenoxy) is 1. The van der Waals surface area contributed by atoms with Crippen LogP contribution < -0.4 is 4.90 Å². The summed E-state index contributed by atoms with van der Waals surface area (Å²) < 4.78 is 5.23. The van der Waals surface area contributed by atoms with E-state index < -0.39 is 5.97 Å². The first-order valence-corrected chi connectivity index (χ1v) is 5.23. The lowest BCUT2D eigenvalue weighted by Crippen LogP contribution is -2.37. The Bertz CT molecular complexity index is 375. The third-order valence-corrected chi connectivity index (χ3v) is 2.49. The lowest BCUT2D eigenvalue weighted by atomic mass is 10.1. The number of anilines is 1. The summed E-state index contributed by atoms with van der Waals surface area (Å²) in [5.74, 6) is -0.878. The molecule has 5 heteroatoms. The number of aromatic carboxylic acids is 1. The maximum absolute atomic E-state index is 11.0. The Morgan fingerprint density at radius 2 is 1.82 bits per heavy atom. The molecule has 0 aliphatic carbocycles. The van der Waals surface area contributed by atoms with E-state index in [1.54, 1.807) is 12.1 Å². The van der Waals surface area contributed by atoms with Gasteiger partial charge < -0.3 is 19.5 Å². The van der Waals surface area contributed by atoms with Crippen molar-refractivity contribution in [3.05, 3.63) is 29.8 Å². The van der Waals surface area contributed by atoms with Crippen molar-refractivity contribution in [2.24, 2.45) is 0 Å². The number of carboxylic acid groups (broad SMARTS) is 1. The first kappa shape index (κ1) is 13.2. The van der Waals surface area contributed by atoms with E-state index in [0.29, 0.717) is 18.8 Å². The standard InChI is InChI=1S/C11H13NO3.CH2O/c13-11(14)9-3-1-2-4-10(9)12-5-7-15-8-6-12;1-2/h1-4H,5-8H2,(H,13,14);1H2. The second kappa shape index (κ2) is 6.65. The third kappa shape index (κ3) is 3.29. The summed E-state index contributed by atoms with van der Waals surface area (Å²) in [5, 5.41) is 9.04. The van der Waals surface area contributed by atoms with Crippen LogP contribution in [0.15, 0.2) is 24.3 Å². The zero-order valence-corrected chi connectivity index (χ0v) is 9.46. The van der Waals surface area contributed by atoms with Crippen molar-refractivity contribution < 1.29 is 19.4 Å². The molecule has 1 heterocycles. The lowest BCUT2D eigenvalue weighted by molar-refractivity contribution is -0.0980. The van der Waals surface area contributed by atoms with Crippen LogP contribution in [-0.2, 0) is 9.53 Å². The van der Waals surface area contributed by atoms with Crippen molar-refractivity contribution in [2.75, 3.05) is 31.2 Å². The van der Waals surface area contributed by atoms with Gasteiger partial charge in [-0.2, -0.15) is 0 Å². The monoisotopic (exact) mass is 237 g/mol. The second-order valence-electron chi connectivity index (χ2n) is 3.42. The molecule has 5 nitrogen and oxygen atoms in total. The Labute approximate surface area is 99.6 Å². The number of benzene rings is 1. The van der Waals surface area contributed by atoms with Crippen LogP contribution in [0.4, 0.5) is 5.69 Å². The number of para-hydroxylation sites is 1. The van der Waals surface area contributed by atoms with Crippen molar-refractivity contribution in [1.29, 1.82) is 0 Å². The van der Waals surface area contributed by atoms with Gasteiger partial charge in [0.2, 0.25) is 0 Å². The molecule has 1 aliphatic rings. The van der Waals surface area contributed by atoms with Crippen LogP contribution >= 0.6 is 0 Å². The second-order valence-corrected chi connectivity index (χ2v) is 3.42.